The zero-order valence-electron chi connectivity index (χ0n) is 21.3. The molecule has 0 unspecified atom stereocenters. The molecule has 39 heavy (non-hydrogen) atoms. The Morgan fingerprint density at radius 3 is 2.54 bits per heavy atom. The Morgan fingerprint density at radius 1 is 1.13 bits per heavy atom. The molecule has 0 saturated heterocycles. The average molecular weight is 534 g/mol. The van der Waals surface area contributed by atoms with E-state index in [1.54, 1.807) is 0 Å². The minimum absolute atomic E-state index is 0.307. The highest BCUT2D eigenvalue weighted by Gasteiger charge is 2.30. The third-order valence-corrected chi connectivity index (χ3v) is 5.87. The fourth-order valence-corrected chi connectivity index (χ4v) is 3.95. The lowest BCUT2D eigenvalue weighted by Gasteiger charge is -2.10. The van der Waals surface area contributed by atoms with E-state index >= 15 is 0 Å². The highest BCUT2D eigenvalue weighted by Crippen LogP contribution is 2.31. The monoisotopic (exact) mass is 533 g/mol. The van der Waals surface area contributed by atoms with Crippen LogP contribution in [-0.4, -0.2) is 39.3 Å². The van der Waals surface area contributed by atoms with Crippen molar-refractivity contribution in [3.8, 4) is 16.9 Å². The highest BCUT2D eigenvalue weighted by molar-refractivity contribution is 5.85. The normalized spacial score (nSPS) is 11.1. The molecule has 3 aromatic heterocycles. The molecule has 0 aliphatic heterocycles. The summed E-state index contributed by atoms with van der Waals surface area (Å²) in [5.74, 6) is 0.307. The number of nitrogens with two attached hydrogens (primary N) is 1. The number of aromatic nitrogens is 4. The minimum atomic E-state index is -4.36. The standard InChI is InChI=1S/C15H11F3N2.C13H15N5O/c1-9-6-10-2-3-11(7-14(10)20-9)13-5-4-12(8-19-13)15(16,17)18;1-3-16-11-5-4-10(6-12(11)15-2)18-13(14)9(8-19)7-17-18/h2-8,20H,1H3;4-8,16H,2-3,14H2,1H3. The number of nitrogens with one attached hydrogen (secondary N) is 2. The molecule has 8 nitrogen and oxygen atoms in total. The van der Waals surface area contributed by atoms with E-state index < -0.39 is 11.7 Å². The number of alkyl halides is 3. The summed E-state index contributed by atoms with van der Waals surface area (Å²) >= 11 is 0. The van der Waals surface area contributed by atoms with Crippen LogP contribution in [0.3, 0.4) is 0 Å². The molecule has 5 aromatic rings. The Hall–Kier alpha value is -4.93. The molecule has 3 heterocycles. The molecule has 0 spiro atoms. The number of anilines is 2. The van der Waals surface area contributed by atoms with Gasteiger partial charge >= 0.3 is 6.18 Å². The number of carbonyl (C=O) groups is 1. The van der Waals surface area contributed by atoms with Crippen LogP contribution in [0.5, 0.6) is 0 Å². The van der Waals surface area contributed by atoms with Gasteiger partial charge in [0.05, 0.1) is 40.1 Å². The lowest BCUT2D eigenvalue weighted by Crippen LogP contribution is -2.05. The summed E-state index contributed by atoms with van der Waals surface area (Å²) in [7, 11) is 0. The number of hydrogen-bond donors (Lipinski definition) is 3. The number of carbonyl (C=O) groups excluding carboxylic acids is 1. The van der Waals surface area contributed by atoms with Crippen LogP contribution < -0.4 is 11.1 Å². The number of rotatable bonds is 6. The molecule has 0 aliphatic rings. The van der Waals surface area contributed by atoms with Gasteiger partial charge in [-0.05, 0) is 68.4 Å². The first-order chi connectivity index (χ1) is 18.6. The molecule has 0 radical (unpaired) electrons. The quantitative estimate of drug-likeness (QED) is 0.168. The van der Waals surface area contributed by atoms with Gasteiger partial charge in [0.15, 0.2) is 6.29 Å². The Labute approximate surface area is 222 Å². The number of halogens is 3. The van der Waals surface area contributed by atoms with E-state index in [0.29, 0.717) is 29.0 Å². The van der Waals surface area contributed by atoms with Crippen molar-refractivity contribution in [2.45, 2.75) is 20.0 Å². The minimum Gasteiger partial charge on any atom is -0.384 e. The summed E-state index contributed by atoms with van der Waals surface area (Å²) < 4.78 is 39.0. The van der Waals surface area contributed by atoms with Crippen LogP contribution in [0.1, 0.15) is 28.5 Å². The van der Waals surface area contributed by atoms with Crippen LogP contribution in [0.15, 0.2) is 72.0 Å². The SMILES string of the molecule is C=Nc1cc(-n2ncc(C=O)c2N)ccc1NCC.Cc1cc2ccc(-c3ccc(C(F)(F)F)cn3)cc2[nH]1. The number of benzene rings is 2. The van der Waals surface area contributed by atoms with Crippen molar-refractivity contribution in [3.63, 3.8) is 0 Å². The van der Waals surface area contributed by atoms with Crippen molar-refractivity contribution in [2.75, 3.05) is 17.6 Å². The van der Waals surface area contributed by atoms with E-state index in [-0.39, 0.29) is 0 Å². The maximum Gasteiger partial charge on any atom is 0.417 e. The number of aliphatic imine (C=N–C) groups is 1. The topological polar surface area (TPSA) is 114 Å². The van der Waals surface area contributed by atoms with Gasteiger partial charge in [-0.3, -0.25) is 14.8 Å². The predicted molar refractivity (Wildman–Crippen MR) is 148 cm³/mol. The van der Waals surface area contributed by atoms with Gasteiger partial charge in [0, 0.05) is 29.5 Å². The van der Waals surface area contributed by atoms with Gasteiger partial charge in [0.2, 0.25) is 0 Å². The molecule has 5 rings (SSSR count). The number of fused-ring (bicyclic) bond motifs is 1. The van der Waals surface area contributed by atoms with Crippen molar-refractivity contribution in [2.24, 2.45) is 4.99 Å². The van der Waals surface area contributed by atoms with E-state index in [9.17, 15) is 18.0 Å². The van der Waals surface area contributed by atoms with Gasteiger partial charge in [0.25, 0.3) is 0 Å². The van der Waals surface area contributed by atoms with Gasteiger partial charge < -0.3 is 16.0 Å². The smallest absolute Gasteiger partial charge is 0.384 e. The first kappa shape index (κ1) is 27.1. The molecule has 0 atom stereocenters. The second-order valence-electron chi connectivity index (χ2n) is 8.59. The number of aldehydes is 1. The molecular weight excluding hydrogens is 507 g/mol. The van der Waals surface area contributed by atoms with Crippen molar-refractivity contribution in [1.82, 2.24) is 19.7 Å². The molecule has 0 saturated carbocycles. The molecule has 0 aliphatic carbocycles. The summed E-state index contributed by atoms with van der Waals surface area (Å²) in [5.41, 5.74) is 11.1. The zero-order chi connectivity index (χ0) is 28.2. The molecule has 0 amide bonds. The second kappa shape index (κ2) is 11.2. The van der Waals surface area contributed by atoms with Crippen LogP contribution in [-0.2, 0) is 6.18 Å². The summed E-state index contributed by atoms with van der Waals surface area (Å²) in [6.45, 7) is 8.30. The van der Waals surface area contributed by atoms with Gasteiger partial charge in [-0.1, -0.05) is 12.1 Å². The summed E-state index contributed by atoms with van der Waals surface area (Å²) in [6.07, 6.45) is -1.38. The average Bonchev–Trinajstić information content (AvgIpc) is 3.49. The Morgan fingerprint density at radius 2 is 1.92 bits per heavy atom. The lowest BCUT2D eigenvalue weighted by atomic mass is 10.1. The van der Waals surface area contributed by atoms with E-state index in [2.05, 4.69) is 32.1 Å². The largest absolute Gasteiger partial charge is 0.417 e. The first-order valence-electron chi connectivity index (χ1n) is 11.9. The number of aryl methyl sites for hydroxylation is 1. The maximum absolute atomic E-state index is 12.5. The van der Waals surface area contributed by atoms with Crippen LogP contribution in [0.25, 0.3) is 27.8 Å². The van der Waals surface area contributed by atoms with Crippen LogP contribution in [0.4, 0.5) is 30.4 Å². The van der Waals surface area contributed by atoms with Crippen molar-refractivity contribution in [3.05, 3.63) is 83.8 Å². The van der Waals surface area contributed by atoms with E-state index in [0.717, 1.165) is 52.3 Å². The van der Waals surface area contributed by atoms with E-state index in [1.807, 2.05) is 56.3 Å². The second-order valence-corrected chi connectivity index (χ2v) is 8.59. The molecule has 4 N–H and O–H groups in total. The van der Waals surface area contributed by atoms with Crippen LogP contribution >= 0.6 is 0 Å². The molecule has 200 valence electrons. The number of pyridine rings is 1. The number of H-pyrrole nitrogens is 1. The molecule has 2 aromatic carbocycles. The van der Waals surface area contributed by atoms with Gasteiger partial charge in [0.1, 0.15) is 5.82 Å². The lowest BCUT2D eigenvalue weighted by molar-refractivity contribution is -0.137. The number of aromatic amines is 1. The fourth-order valence-electron chi connectivity index (χ4n) is 3.95. The fraction of sp³-hybridized carbons (Fsp3) is 0.143. The number of hydrogen-bond acceptors (Lipinski definition) is 6. The van der Waals surface area contributed by atoms with Crippen molar-refractivity contribution in [1.29, 1.82) is 0 Å². The summed E-state index contributed by atoms with van der Waals surface area (Å²) in [6, 6.07) is 15.7. The van der Waals surface area contributed by atoms with Gasteiger partial charge in [-0.15, -0.1) is 0 Å². The number of nitrogens with zero attached hydrogens (tertiary/aromatic N) is 4. The van der Waals surface area contributed by atoms with E-state index in [4.69, 9.17) is 5.73 Å². The molecular formula is C28H26F3N7O. The Balaban J connectivity index is 0.000000181. The maximum atomic E-state index is 12.5. The van der Waals surface area contributed by atoms with Gasteiger partial charge in [-0.25, -0.2) is 4.68 Å². The van der Waals surface area contributed by atoms with E-state index in [1.165, 1.54) is 16.9 Å². The first-order valence-corrected chi connectivity index (χ1v) is 11.9. The zero-order valence-corrected chi connectivity index (χ0v) is 21.3. The third-order valence-electron chi connectivity index (χ3n) is 5.87. The van der Waals surface area contributed by atoms with Gasteiger partial charge in [-0.2, -0.15) is 18.3 Å². The van der Waals surface area contributed by atoms with Crippen LogP contribution in [0, 0.1) is 6.92 Å². The Bertz CT molecular complexity index is 1620. The predicted octanol–water partition coefficient (Wildman–Crippen LogP) is 6.59. The molecule has 0 fully saturated rings. The summed E-state index contributed by atoms with van der Waals surface area (Å²) in [5, 5.41) is 8.34. The van der Waals surface area contributed by atoms with Crippen LogP contribution in [0.2, 0.25) is 0 Å². The number of nitrogen functional groups attached to an aromatic ring is 1. The molecule has 0 bridgehead atoms. The van der Waals surface area contributed by atoms with Crippen molar-refractivity contribution < 1.29 is 18.0 Å². The molecule has 11 heteroatoms. The Kier molecular flexibility index (Phi) is 7.80. The van der Waals surface area contributed by atoms with Crippen molar-refractivity contribution >= 4 is 41.1 Å². The summed E-state index contributed by atoms with van der Waals surface area (Å²) in [4.78, 5) is 21.8. The highest BCUT2D eigenvalue weighted by atomic mass is 19.4. The third kappa shape index (κ3) is 5.98.